The van der Waals surface area contributed by atoms with E-state index in [1.165, 1.54) is 6.20 Å². The molecule has 0 saturated carbocycles. The summed E-state index contributed by atoms with van der Waals surface area (Å²) in [5, 5.41) is 16.9. The van der Waals surface area contributed by atoms with Gasteiger partial charge in [0.15, 0.2) is 0 Å². The normalized spacial score (nSPS) is 12.8. The van der Waals surface area contributed by atoms with Crippen molar-refractivity contribution in [1.29, 1.82) is 5.26 Å². The molecule has 0 aliphatic heterocycles. The first-order chi connectivity index (χ1) is 15.8. The van der Waals surface area contributed by atoms with Gasteiger partial charge in [-0.3, -0.25) is 9.79 Å². The number of H-pyrrole nitrogens is 1. The lowest BCUT2D eigenvalue weighted by molar-refractivity contribution is 0.820. The Balaban J connectivity index is 1.95. The van der Waals surface area contributed by atoms with Gasteiger partial charge in [-0.1, -0.05) is 42.5 Å². The summed E-state index contributed by atoms with van der Waals surface area (Å²) in [4.78, 5) is 16.7. The number of allylic oxidation sites excluding steroid dienone is 1. The van der Waals surface area contributed by atoms with Crippen LogP contribution in [0, 0.1) is 11.3 Å². The molecular weight excluding hydrogens is 410 g/mol. The molecule has 9 heteroatoms. The molecule has 3 aromatic carbocycles. The van der Waals surface area contributed by atoms with E-state index in [-0.39, 0.29) is 5.69 Å². The molecule has 0 bridgehead atoms. The van der Waals surface area contributed by atoms with Crippen LogP contribution in [0.1, 0.15) is 22.4 Å². The largest absolute Gasteiger partial charge is 0.404 e. The van der Waals surface area contributed by atoms with Crippen LogP contribution in [0.15, 0.2) is 70.6 Å². The fourth-order valence-electron chi connectivity index (χ4n) is 3.95. The highest BCUT2D eigenvalue weighted by atomic mass is 16.1. The summed E-state index contributed by atoms with van der Waals surface area (Å²) >= 11 is 0. The Bertz CT molecular complexity index is 1560. The maximum absolute atomic E-state index is 12.3. The lowest BCUT2D eigenvalue weighted by atomic mass is 9.60. The van der Waals surface area contributed by atoms with Gasteiger partial charge in [0, 0.05) is 35.2 Å². The predicted molar refractivity (Wildman–Crippen MR) is 133 cm³/mol. The number of nitrogens with zero attached hydrogens (tertiary/aromatic N) is 3. The van der Waals surface area contributed by atoms with Gasteiger partial charge in [-0.2, -0.15) is 10.4 Å². The number of aromatic nitrogens is 2. The highest BCUT2D eigenvalue weighted by Gasteiger charge is 2.22. The maximum Gasteiger partial charge on any atom is 0.272 e. The summed E-state index contributed by atoms with van der Waals surface area (Å²) in [5.41, 5.74) is 14.4. The van der Waals surface area contributed by atoms with Crippen molar-refractivity contribution < 1.29 is 0 Å². The topological polar surface area (TPSA) is 134 Å². The molecule has 4 radical (unpaired) electrons. The Morgan fingerprint density at radius 2 is 1.91 bits per heavy atom. The van der Waals surface area contributed by atoms with Gasteiger partial charge in [-0.05, 0) is 28.4 Å². The van der Waals surface area contributed by atoms with Crippen molar-refractivity contribution in [2.24, 2.45) is 16.5 Å². The van der Waals surface area contributed by atoms with E-state index in [0.29, 0.717) is 38.7 Å². The second-order valence-corrected chi connectivity index (χ2v) is 7.57. The van der Waals surface area contributed by atoms with E-state index in [0.717, 1.165) is 10.8 Å². The third-order valence-electron chi connectivity index (χ3n) is 5.45. The molecule has 1 heterocycles. The molecule has 0 aliphatic carbocycles. The summed E-state index contributed by atoms with van der Waals surface area (Å²) < 4.78 is 0. The number of benzene rings is 3. The first kappa shape index (κ1) is 22.1. The second-order valence-electron chi connectivity index (χ2n) is 7.57. The molecule has 0 spiro atoms. The minimum absolute atomic E-state index is 0.119. The monoisotopic (exact) mass is 428 g/mol. The van der Waals surface area contributed by atoms with E-state index < -0.39 is 10.9 Å². The van der Waals surface area contributed by atoms with Crippen molar-refractivity contribution in [3.8, 4) is 6.07 Å². The highest BCUT2D eigenvalue weighted by Crippen LogP contribution is 2.29. The second kappa shape index (κ2) is 8.41. The van der Waals surface area contributed by atoms with Crippen LogP contribution in [0.3, 0.4) is 0 Å². The lowest BCUT2D eigenvalue weighted by Gasteiger charge is -2.21. The average molecular weight is 428 g/mol. The Morgan fingerprint density at radius 1 is 1.15 bits per heavy atom. The predicted octanol–water partition coefficient (Wildman–Crippen LogP) is 1.77. The van der Waals surface area contributed by atoms with Crippen LogP contribution >= 0.6 is 0 Å². The van der Waals surface area contributed by atoms with Crippen molar-refractivity contribution in [3.05, 3.63) is 93.5 Å². The molecule has 4 rings (SSSR count). The van der Waals surface area contributed by atoms with Crippen molar-refractivity contribution in [2.45, 2.75) is 5.34 Å². The summed E-state index contributed by atoms with van der Waals surface area (Å²) in [6, 6.07) is 18.7. The zero-order valence-corrected chi connectivity index (χ0v) is 17.8. The first-order valence-electron chi connectivity index (χ1n) is 10.0. The third-order valence-corrected chi connectivity index (χ3v) is 5.45. The molecule has 7 nitrogen and oxygen atoms in total. The molecule has 0 unspecified atom stereocenters. The number of rotatable bonds is 4. The number of aromatic amines is 1. The Morgan fingerprint density at radius 3 is 2.58 bits per heavy atom. The molecule has 0 amide bonds. The number of fused-ring (bicyclic) bond motifs is 2. The van der Waals surface area contributed by atoms with Gasteiger partial charge in [0.05, 0.1) is 38.0 Å². The van der Waals surface area contributed by atoms with E-state index in [1.807, 2.05) is 36.4 Å². The summed E-state index contributed by atoms with van der Waals surface area (Å²) in [6.07, 6.45) is 1.40. The van der Waals surface area contributed by atoms with Gasteiger partial charge in [0.2, 0.25) is 0 Å². The third kappa shape index (κ3) is 3.81. The minimum Gasteiger partial charge on any atom is -0.404 e. The molecule has 156 valence electrons. The molecule has 4 aromatic rings. The molecular formula is C24H18B2N6O. The molecule has 1 aromatic heterocycles. The maximum atomic E-state index is 12.3. The van der Waals surface area contributed by atoms with Gasteiger partial charge in [-0.25, -0.2) is 5.10 Å². The van der Waals surface area contributed by atoms with Crippen LogP contribution in [0.4, 0.5) is 0 Å². The van der Waals surface area contributed by atoms with Crippen LogP contribution < -0.4 is 17.0 Å². The fraction of sp³-hybridized carbons (Fsp3) is 0.0833. The molecule has 0 aliphatic rings. The van der Waals surface area contributed by atoms with Crippen LogP contribution in [0.5, 0.6) is 0 Å². The molecule has 0 atom stereocenters. The average Bonchev–Trinajstić information content (AvgIpc) is 2.81. The van der Waals surface area contributed by atoms with Crippen molar-refractivity contribution in [2.75, 3.05) is 7.05 Å². The minimum atomic E-state index is -1.78. The highest BCUT2D eigenvalue weighted by molar-refractivity contribution is 6.40. The van der Waals surface area contributed by atoms with Gasteiger partial charge in [0.25, 0.3) is 5.56 Å². The van der Waals surface area contributed by atoms with Crippen molar-refractivity contribution >= 4 is 48.5 Å². The van der Waals surface area contributed by atoms with E-state index in [4.69, 9.17) is 27.2 Å². The summed E-state index contributed by atoms with van der Waals surface area (Å²) in [6.45, 7) is 0. The molecule has 33 heavy (non-hydrogen) atoms. The van der Waals surface area contributed by atoms with E-state index in [9.17, 15) is 10.1 Å². The van der Waals surface area contributed by atoms with E-state index in [1.54, 1.807) is 25.2 Å². The Labute approximate surface area is 192 Å². The Kier molecular flexibility index (Phi) is 5.62. The number of aliphatic imine (C=N–C) groups is 1. The van der Waals surface area contributed by atoms with Crippen LogP contribution in [0.2, 0.25) is 0 Å². The van der Waals surface area contributed by atoms with Crippen LogP contribution in [-0.2, 0) is 5.34 Å². The zero-order valence-electron chi connectivity index (χ0n) is 17.8. The lowest BCUT2D eigenvalue weighted by Crippen LogP contribution is -2.39. The molecule has 0 saturated heterocycles. The van der Waals surface area contributed by atoms with Crippen LogP contribution in [0.25, 0.3) is 27.1 Å². The van der Waals surface area contributed by atoms with E-state index in [2.05, 4.69) is 21.3 Å². The summed E-state index contributed by atoms with van der Waals surface area (Å²) in [5.74, 6) is 0. The number of nitrogens with two attached hydrogens (primary N) is 2. The quantitative estimate of drug-likeness (QED) is 0.337. The number of hydrogen-bond donors (Lipinski definition) is 3. The smallest absolute Gasteiger partial charge is 0.272 e. The van der Waals surface area contributed by atoms with Crippen molar-refractivity contribution in [1.82, 2.24) is 10.2 Å². The van der Waals surface area contributed by atoms with Gasteiger partial charge in [-0.15, -0.1) is 0 Å². The SMILES string of the molecule is [B]C([B])(N)c1n[nH]c(=O)c2ccc(/C(=C/N)C(=NC)c3ccc4ccccc4c3C#N)cc12. The number of nitrogens with one attached hydrogen (secondary N) is 1. The number of hydrogen-bond acceptors (Lipinski definition) is 6. The molecule has 0 fully saturated rings. The van der Waals surface area contributed by atoms with Gasteiger partial charge < -0.3 is 11.5 Å². The zero-order chi connectivity index (χ0) is 23.8. The molecule has 5 N–H and O–H groups in total. The number of nitriles is 1. The first-order valence-corrected chi connectivity index (χ1v) is 10.0. The Hall–Kier alpha value is -4.15. The van der Waals surface area contributed by atoms with Crippen molar-refractivity contribution in [3.63, 3.8) is 0 Å². The standard InChI is InChI=1S/C24H18B2N6O/c1-30-21(16-8-6-13-4-2-3-5-15(13)20(16)12-28)19(11-27)14-7-9-17-18(10-14)22(24(25,26)29)31-32-23(17)33/h2-11H,27,29H2,1H3,(H,32,33)/b19-11-,30-21?. The fourth-order valence-corrected chi connectivity index (χ4v) is 3.95. The summed E-state index contributed by atoms with van der Waals surface area (Å²) in [7, 11) is 13.4. The van der Waals surface area contributed by atoms with Crippen LogP contribution in [-0.4, -0.2) is 38.6 Å². The van der Waals surface area contributed by atoms with Gasteiger partial charge >= 0.3 is 0 Å². The van der Waals surface area contributed by atoms with Gasteiger partial charge in [0.1, 0.15) is 6.07 Å². The van der Waals surface area contributed by atoms with E-state index >= 15 is 0 Å².